The summed E-state index contributed by atoms with van der Waals surface area (Å²) in [5, 5.41) is 1.23. The van der Waals surface area contributed by atoms with Crippen molar-refractivity contribution in [3.63, 3.8) is 0 Å². The summed E-state index contributed by atoms with van der Waals surface area (Å²) in [6, 6.07) is 8.29. The maximum Gasteiger partial charge on any atom is 0.0457 e. The zero-order chi connectivity index (χ0) is 8.55. The highest BCUT2D eigenvalue weighted by Crippen LogP contribution is 2.21. The molecule has 1 aromatic heterocycles. The van der Waals surface area contributed by atoms with E-state index in [4.69, 9.17) is 5.73 Å². The molecule has 0 aliphatic heterocycles. The van der Waals surface area contributed by atoms with Crippen LogP contribution in [-0.2, 0) is 0 Å². The molecule has 0 unspecified atom stereocenters. The molecule has 0 spiro atoms. The van der Waals surface area contributed by atoms with Crippen LogP contribution in [0, 0.1) is 0 Å². The highest BCUT2D eigenvalue weighted by atomic mass is 35.5. The van der Waals surface area contributed by atoms with E-state index in [0.717, 1.165) is 5.52 Å². The van der Waals surface area contributed by atoms with E-state index in [9.17, 15) is 0 Å². The van der Waals surface area contributed by atoms with Crippen LogP contribution in [0.15, 0.2) is 30.5 Å². The van der Waals surface area contributed by atoms with Crippen LogP contribution >= 0.6 is 12.4 Å². The Bertz CT molecular complexity index is 392. The number of aromatic amines is 1. The fourth-order valence-electron chi connectivity index (χ4n) is 1.47. The van der Waals surface area contributed by atoms with Gasteiger partial charge in [-0.15, -0.1) is 12.4 Å². The van der Waals surface area contributed by atoms with Crippen LogP contribution in [-0.4, -0.2) is 4.98 Å². The van der Waals surface area contributed by atoms with Crippen molar-refractivity contribution in [1.29, 1.82) is 0 Å². The molecule has 0 radical (unpaired) electrons. The second-order valence-electron chi connectivity index (χ2n) is 3.08. The maximum absolute atomic E-state index is 5.80. The zero-order valence-electron chi connectivity index (χ0n) is 7.45. The van der Waals surface area contributed by atoms with Crippen LogP contribution in [0.4, 0.5) is 0 Å². The Morgan fingerprint density at radius 1 is 1.31 bits per heavy atom. The van der Waals surface area contributed by atoms with Gasteiger partial charge in [-0.2, -0.15) is 0 Å². The lowest BCUT2D eigenvalue weighted by atomic mass is 10.1. The highest BCUT2D eigenvalue weighted by Gasteiger charge is 2.05. The van der Waals surface area contributed by atoms with Crippen molar-refractivity contribution >= 4 is 23.3 Å². The van der Waals surface area contributed by atoms with Crippen LogP contribution < -0.4 is 5.73 Å². The van der Waals surface area contributed by atoms with Gasteiger partial charge in [-0.3, -0.25) is 0 Å². The Morgan fingerprint density at radius 3 is 2.69 bits per heavy atom. The Labute approximate surface area is 83.5 Å². The number of halogens is 1. The van der Waals surface area contributed by atoms with Crippen LogP contribution in [0.3, 0.4) is 0 Å². The lowest BCUT2D eigenvalue weighted by Gasteiger charge is -2.01. The minimum atomic E-state index is 0. The molecule has 13 heavy (non-hydrogen) atoms. The molecule has 0 bridgehead atoms. The topological polar surface area (TPSA) is 41.8 Å². The molecule has 2 nitrogen and oxygen atoms in total. The van der Waals surface area contributed by atoms with E-state index in [1.165, 1.54) is 10.9 Å². The molecule has 0 amide bonds. The number of aromatic nitrogens is 1. The first-order valence-corrected chi connectivity index (χ1v) is 4.10. The number of rotatable bonds is 1. The van der Waals surface area contributed by atoms with Gasteiger partial charge in [0.1, 0.15) is 0 Å². The SMILES string of the molecule is C[C@@H](N)c1c[nH]c2ccccc12.Cl. The molecule has 70 valence electrons. The van der Waals surface area contributed by atoms with Gasteiger partial charge in [-0.05, 0) is 18.6 Å². The fourth-order valence-corrected chi connectivity index (χ4v) is 1.47. The summed E-state index contributed by atoms with van der Waals surface area (Å²) in [6.45, 7) is 2.00. The predicted octanol–water partition coefficient (Wildman–Crippen LogP) is 2.61. The number of H-pyrrole nitrogens is 1. The van der Waals surface area contributed by atoms with Gasteiger partial charge in [0.2, 0.25) is 0 Å². The van der Waals surface area contributed by atoms with E-state index < -0.39 is 0 Å². The molecule has 1 aromatic carbocycles. The van der Waals surface area contributed by atoms with Crippen molar-refractivity contribution in [2.45, 2.75) is 13.0 Å². The predicted molar refractivity (Wildman–Crippen MR) is 58.1 cm³/mol. The van der Waals surface area contributed by atoms with Gasteiger partial charge in [0.15, 0.2) is 0 Å². The standard InChI is InChI=1S/C10H12N2.ClH/c1-7(11)9-6-12-10-5-3-2-4-8(9)10;/h2-7,12H,11H2,1H3;1H/t7-;/m1./s1. The van der Waals surface area contributed by atoms with Crippen molar-refractivity contribution < 1.29 is 0 Å². The Balaban J connectivity index is 0.000000845. The van der Waals surface area contributed by atoms with E-state index in [2.05, 4.69) is 17.1 Å². The largest absolute Gasteiger partial charge is 0.361 e. The van der Waals surface area contributed by atoms with Crippen LogP contribution in [0.2, 0.25) is 0 Å². The first-order chi connectivity index (χ1) is 5.79. The van der Waals surface area contributed by atoms with E-state index in [1.54, 1.807) is 0 Å². The number of fused-ring (bicyclic) bond motifs is 1. The first kappa shape index (κ1) is 10.1. The molecule has 2 aromatic rings. The lowest BCUT2D eigenvalue weighted by Crippen LogP contribution is -2.03. The number of nitrogens with one attached hydrogen (secondary N) is 1. The van der Waals surface area contributed by atoms with E-state index >= 15 is 0 Å². The molecule has 3 heteroatoms. The quantitative estimate of drug-likeness (QED) is 0.724. The molecule has 1 atom stereocenters. The molecule has 0 saturated carbocycles. The average molecular weight is 197 g/mol. The Kier molecular flexibility index (Phi) is 2.96. The van der Waals surface area contributed by atoms with Crippen molar-refractivity contribution in [2.75, 3.05) is 0 Å². The van der Waals surface area contributed by atoms with Gasteiger partial charge >= 0.3 is 0 Å². The van der Waals surface area contributed by atoms with Gasteiger partial charge in [0.25, 0.3) is 0 Å². The van der Waals surface area contributed by atoms with Crippen molar-refractivity contribution in [3.05, 3.63) is 36.0 Å². The number of para-hydroxylation sites is 1. The molecule has 2 rings (SSSR count). The maximum atomic E-state index is 5.80. The minimum Gasteiger partial charge on any atom is -0.361 e. The number of benzene rings is 1. The molecule has 0 aliphatic carbocycles. The second kappa shape index (κ2) is 3.81. The normalized spacial score (nSPS) is 12.5. The summed E-state index contributed by atoms with van der Waals surface area (Å²) in [5.41, 5.74) is 8.15. The summed E-state index contributed by atoms with van der Waals surface area (Å²) in [7, 11) is 0. The average Bonchev–Trinajstić information content (AvgIpc) is 2.47. The number of hydrogen-bond acceptors (Lipinski definition) is 1. The Morgan fingerprint density at radius 2 is 2.00 bits per heavy atom. The third-order valence-electron chi connectivity index (χ3n) is 2.11. The molecule has 0 fully saturated rings. The fraction of sp³-hybridized carbons (Fsp3) is 0.200. The summed E-state index contributed by atoms with van der Waals surface area (Å²) in [6.07, 6.45) is 1.98. The number of nitrogens with two attached hydrogens (primary N) is 1. The number of hydrogen-bond donors (Lipinski definition) is 2. The molecule has 0 aliphatic rings. The minimum absolute atomic E-state index is 0. The second-order valence-corrected chi connectivity index (χ2v) is 3.08. The van der Waals surface area contributed by atoms with Gasteiger partial charge in [-0.1, -0.05) is 18.2 Å². The lowest BCUT2D eigenvalue weighted by molar-refractivity contribution is 0.826. The van der Waals surface area contributed by atoms with Crippen molar-refractivity contribution in [2.24, 2.45) is 5.73 Å². The zero-order valence-corrected chi connectivity index (χ0v) is 8.27. The van der Waals surface area contributed by atoms with Gasteiger partial charge < -0.3 is 10.7 Å². The molecular formula is C10H13ClN2. The van der Waals surface area contributed by atoms with Gasteiger partial charge in [0.05, 0.1) is 0 Å². The Hall–Kier alpha value is -0.990. The third kappa shape index (κ3) is 1.69. The summed E-state index contributed by atoms with van der Waals surface area (Å²) < 4.78 is 0. The van der Waals surface area contributed by atoms with E-state index in [-0.39, 0.29) is 18.4 Å². The first-order valence-electron chi connectivity index (χ1n) is 4.10. The molecule has 3 N–H and O–H groups in total. The summed E-state index contributed by atoms with van der Waals surface area (Å²) in [5.74, 6) is 0. The van der Waals surface area contributed by atoms with E-state index in [0.29, 0.717) is 0 Å². The van der Waals surface area contributed by atoms with Gasteiger partial charge in [-0.25, -0.2) is 0 Å². The van der Waals surface area contributed by atoms with Crippen molar-refractivity contribution in [3.8, 4) is 0 Å². The molecular weight excluding hydrogens is 184 g/mol. The van der Waals surface area contributed by atoms with Gasteiger partial charge in [0, 0.05) is 23.1 Å². The van der Waals surface area contributed by atoms with Crippen LogP contribution in [0.5, 0.6) is 0 Å². The monoisotopic (exact) mass is 196 g/mol. The highest BCUT2D eigenvalue weighted by molar-refractivity contribution is 5.85. The smallest absolute Gasteiger partial charge is 0.0457 e. The van der Waals surface area contributed by atoms with Crippen molar-refractivity contribution in [1.82, 2.24) is 4.98 Å². The third-order valence-corrected chi connectivity index (χ3v) is 2.11. The van der Waals surface area contributed by atoms with E-state index in [1.807, 2.05) is 25.3 Å². The van der Waals surface area contributed by atoms with Crippen LogP contribution in [0.25, 0.3) is 10.9 Å². The summed E-state index contributed by atoms with van der Waals surface area (Å²) in [4.78, 5) is 3.19. The molecule has 0 saturated heterocycles. The molecule has 1 heterocycles. The summed E-state index contributed by atoms with van der Waals surface area (Å²) >= 11 is 0. The van der Waals surface area contributed by atoms with Crippen LogP contribution in [0.1, 0.15) is 18.5 Å².